The van der Waals surface area contributed by atoms with Crippen LogP contribution >= 0.6 is 127 Å². The third kappa shape index (κ3) is 6.80. The Labute approximate surface area is 395 Å². The zero-order valence-electron chi connectivity index (χ0n) is 29.2. The first kappa shape index (κ1) is 39.0. The molecular weight excluding hydrogens is 1240 g/mol. The van der Waals surface area contributed by atoms with Crippen LogP contribution in [0.25, 0.3) is 65.3 Å². The highest BCUT2D eigenvalue weighted by molar-refractivity contribution is 9.11. The van der Waals surface area contributed by atoms with Crippen LogP contribution < -0.4 is 18.9 Å². The third-order valence-electron chi connectivity index (χ3n) is 10.7. The van der Waals surface area contributed by atoms with Crippen LogP contribution in [-0.2, 0) is 0 Å². The van der Waals surface area contributed by atoms with Gasteiger partial charge >= 0.3 is 0 Å². The second kappa shape index (κ2) is 15.1. The quantitative estimate of drug-likeness (QED) is 0.152. The van der Waals surface area contributed by atoms with Gasteiger partial charge in [-0.2, -0.15) is 0 Å². The smallest absolute Gasteiger partial charge is 0.129 e. The van der Waals surface area contributed by atoms with E-state index in [1.54, 1.807) is 0 Å². The van der Waals surface area contributed by atoms with Crippen LogP contribution in [0.15, 0.2) is 133 Å². The molecule has 0 unspecified atom stereocenters. The lowest BCUT2D eigenvalue weighted by Crippen LogP contribution is -2.45. The lowest BCUT2D eigenvalue weighted by molar-refractivity contribution is -0.00110. The maximum atomic E-state index is 7.08. The average molecular weight is 1270 g/mol. The van der Waals surface area contributed by atoms with Gasteiger partial charge in [0.15, 0.2) is 0 Å². The van der Waals surface area contributed by atoms with Crippen molar-refractivity contribution in [3.63, 3.8) is 0 Å². The molecule has 0 aromatic heterocycles. The first-order valence-electron chi connectivity index (χ1n) is 17.7. The molecule has 0 radical (unpaired) electrons. The van der Waals surface area contributed by atoms with Crippen LogP contribution in [0.4, 0.5) is 0 Å². The maximum Gasteiger partial charge on any atom is 0.129 e. The van der Waals surface area contributed by atoms with Crippen molar-refractivity contribution in [3.8, 4) is 45.3 Å². The summed E-state index contributed by atoms with van der Waals surface area (Å²) in [5.74, 6) is 2.92. The highest BCUT2D eigenvalue weighted by atomic mass is 79.9. The van der Waals surface area contributed by atoms with Crippen LogP contribution in [0.3, 0.4) is 0 Å². The van der Waals surface area contributed by atoms with Gasteiger partial charge < -0.3 is 18.9 Å². The molecule has 0 bridgehead atoms. The van der Waals surface area contributed by atoms with E-state index < -0.39 is 5.41 Å². The standard InChI is InChI=1S/C45H24Br8O4/c46-21-1-5-25-29(9-21)33(50)13-37-41(25)42-26-6-2-22(47)10-30(26)34(51)14-38(42)55-18-45(17-54-37)19-56-39-15-35(52)31-11-23(48)3-7-27(31)43(39)44-28-8-4-24(49)12-32(28)36(53)16-40(44)57-20-45/h1-16H,17-20H2. The van der Waals surface area contributed by atoms with Gasteiger partial charge in [0.05, 0.1) is 0 Å². The van der Waals surface area contributed by atoms with Crippen molar-refractivity contribution in [3.05, 3.63) is 133 Å². The Morgan fingerprint density at radius 1 is 0.298 bits per heavy atom. The summed E-state index contributed by atoms with van der Waals surface area (Å²) >= 11 is 30.4. The van der Waals surface area contributed by atoms with E-state index in [9.17, 15) is 0 Å². The Balaban J connectivity index is 1.20. The predicted octanol–water partition coefficient (Wildman–Crippen LogP) is 17.0. The van der Waals surface area contributed by atoms with E-state index in [4.69, 9.17) is 18.9 Å². The molecule has 2 aliphatic rings. The summed E-state index contributed by atoms with van der Waals surface area (Å²) in [5, 5.41) is 8.35. The van der Waals surface area contributed by atoms with Crippen LogP contribution in [-0.4, -0.2) is 26.4 Å². The van der Waals surface area contributed by atoms with Crippen molar-refractivity contribution in [1.82, 2.24) is 0 Å². The molecule has 0 fully saturated rings. The van der Waals surface area contributed by atoms with Crippen molar-refractivity contribution < 1.29 is 18.9 Å². The average Bonchev–Trinajstić information content (AvgIpc) is 3.29. The molecule has 0 aliphatic carbocycles. The molecule has 8 aromatic carbocycles. The number of ether oxygens (including phenoxy) is 4. The number of fused-ring (bicyclic) bond motifs is 14. The van der Waals surface area contributed by atoms with E-state index >= 15 is 0 Å². The number of hydrogen-bond donors (Lipinski definition) is 0. The van der Waals surface area contributed by atoms with Gasteiger partial charge in [-0.15, -0.1) is 0 Å². The summed E-state index contributed by atoms with van der Waals surface area (Å²) < 4.78 is 35.9. The fourth-order valence-electron chi connectivity index (χ4n) is 7.98. The van der Waals surface area contributed by atoms with Gasteiger partial charge in [-0.05, 0) is 116 Å². The van der Waals surface area contributed by atoms with Gasteiger partial charge in [0.25, 0.3) is 0 Å². The molecular formula is C45H24Br8O4. The van der Waals surface area contributed by atoms with Crippen molar-refractivity contribution in [2.24, 2.45) is 5.41 Å². The van der Waals surface area contributed by atoms with E-state index in [1.807, 2.05) is 0 Å². The van der Waals surface area contributed by atoms with Gasteiger partial charge in [-0.25, -0.2) is 0 Å². The molecule has 12 heteroatoms. The van der Waals surface area contributed by atoms with E-state index in [-0.39, 0.29) is 26.4 Å². The summed E-state index contributed by atoms with van der Waals surface area (Å²) in [7, 11) is 0. The van der Waals surface area contributed by atoms with Crippen molar-refractivity contribution in [1.29, 1.82) is 0 Å². The van der Waals surface area contributed by atoms with Crippen molar-refractivity contribution in [2.45, 2.75) is 0 Å². The van der Waals surface area contributed by atoms with Crippen molar-refractivity contribution >= 4 is 171 Å². The van der Waals surface area contributed by atoms with Gasteiger partial charge in [-0.3, -0.25) is 0 Å². The highest BCUT2D eigenvalue weighted by Crippen LogP contribution is 2.53. The predicted molar refractivity (Wildman–Crippen MR) is 260 cm³/mol. The number of hydrogen-bond acceptors (Lipinski definition) is 4. The highest BCUT2D eigenvalue weighted by Gasteiger charge is 2.40. The Morgan fingerprint density at radius 2 is 0.526 bits per heavy atom. The molecule has 0 N–H and O–H groups in total. The van der Waals surface area contributed by atoms with Gasteiger partial charge in [0.1, 0.15) is 54.8 Å². The fourth-order valence-corrected chi connectivity index (χ4v) is 11.6. The zero-order chi connectivity index (χ0) is 39.3. The molecule has 10 rings (SSSR count). The molecule has 0 atom stereocenters. The number of benzene rings is 8. The van der Waals surface area contributed by atoms with E-state index in [2.05, 4.69) is 225 Å². The monoisotopic (exact) mass is 1260 g/mol. The fraction of sp³-hybridized carbons (Fsp3) is 0.111. The maximum absolute atomic E-state index is 7.08. The van der Waals surface area contributed by atoms with Gasteiger partial charge in [0.2, 0.25) is 0 Å². The summed E-state index contributed by atoms with van der Waals surface area (Å²) in [5.41, 5.74) is 3.04. The minimum Gasteiger partial charge on any atom is -0.492 e. The number of rotatable bonds is 0. The summed E-state index contributed by atoms with van der Waals surface area (Å²) in [6.45, 7) is 1.00. The Hall–Kier alpha value is -2.16. The van der Waals surface area contributed by atoms with Crippen molar-refractivity contribution in [2.75, 3.05) is 26.4 Å². The molecule has 0 saturated carbocycles. The normalized spacial score (nSPS) is 14.7. The van der Waals surface area contributed by atoms with Crippen LogP contribution in [0.2, 0.25) is 0 Å². The molecule has 1 spiro atoms. The molecule has 8 aromatic rings. The number of halogens is 8. The second-order valence-corrected chi connectivity index (χ2v) is 21.4. The lowest BCUT2D eigenvalue weighted by atomic mass is 9.92. The largest absolute Gasteiger partial charge is 0.492 e. The Bertz CT molecular complexity index is 2630. The minimum atomic E-state index is -0.775. The van der Waals surface area contributed by atoms with Gasteiger partial charge in [0, 0.05) is 58.0 Å². The molecule has 0 amide bonds. The lowest BCUT2D eigenvalue weighted by Gasteiger charge is -2.32. The molecule has 284 valence electrons. The topological polar surface area (TPSA) is 36.9 Å². The van der Waals surface area contributed by atoms with E-state index in [1.165, 1.54) is 0 Å². The molecule has 0 saturated heterocycles. The van der Waals surface area contributed by atoms with E-state index in [0.717, 1.165) is 124 Å². The SMILES string of the molecule is Brc1ccc2c3c(cc(Br)c2c1)OCC1(COc2cc(Br)c4cc(Br)ccc4c2-3)COc2cc(Br)c3cc(Br)ccc3c2-c2c(cc(Br)c3cc(Br)ccc23)OC1. The second-order valence-electron chi connectivity index (χ2n) is 14.3. The summed E-state index contributed by atoms with van der Waals surface area (Å²) in [4.78, 5) is 0. The Morgan fingerprint density at radius 3 is 0.754 bits per heavy atom. The molecule has 2 aliphatic heterocycles. The van der Waals surface area contributed by atoms with E-state index in [0.29, 0.717) is 0 Å². The first-order valence-corrected chi connectivity index (χ1v) is 24.0. The third-order valence-corrected chi connectivity index (χ3v) is 15.3. The van der Waals surface area contributed by atoms with Gasteiger partial charge in [-0.1, -0.05) is 152 Å². The summed E-state index contributed by atoms with van der Waals surface area (Å²) in [6.07, 6.45) is 0. The van der Waals surface area contributed by atoms with Crippen LogP contribution in [0.1, 0.15) is 0 Å². The molecule has 57 heavy (non-hydrogen) atoms. The zero-order valence-corrected chi connectivity index (χ0v) is 41.9. The summed E-state index contributed by atoms with van der Waals surface area (Å²) in [6, 6.07) is 33.6. The molecule has 4 nitrogen and oxygen atoms in total. The Kier molecular flexibility index (Phi) is 10.3. The minimum absolute atomic E-state index is 0.251. The van der Waals surface area contributed by atoms with Crippen LogP contribution in [0.5, 0.6) is 23.0 Å². The van der Waals surface area contributed by atoms with Crippen LogP contribution in [0, 0.1) is 5.41 Å². The molecule has 2 heterocycles. The first-order chi connectivity index (χ1) is 27.5.